The Labute approximate surface area is 638 Å². The van der Waals surface area contributed by atoms with Gasteiger partial charge in [-0.1, -0.05) is 401 Å². The van der Waals surface area contributed by atoms with E-state index in [9.17, 15) is 43.2 Å². The first-order valence-electron chi connectivity index (χ1n) is 44.0. The minimum absolute atomic E-state index is 0.109. The lowest BCUT2D eigenvalue weighted by Crippen LogP contribution is -2.30. The van der Waals surface area contributed by atoms with Crippen LogP contribution in [-0.4, -0.2) is 96.7 Å². The Morgan fingerprint density at radius 1 is 0.279 bits per heavy atom. The van der Waals surface area contributed by atoms with Gasteiger partial charge in [-0.05, 0) is 37.5 Å². The molecule has 0 rings (SSSR count). The van der Waals surface area contributed by atoms with E-state index in [1.165, 1.54) is 270 Å². The van der Waals surface area contributed by atoms with Crippen molar-refractivity contribution in [2.75, 3.05) is 39.6 Å². The van der Waals surface area contributed by atoms with Crippen LogP contribution in [0.15, 0.2) is 0 Å². The molecule has 6 atom stereocenters. The van der Waals surface area contributed by atoms with Gasteiger partial charge < -0.3 is 33.8 Å². The Kier molecular flexibility index (Phi) is 75.0. The molecule has 0 aromatic rings. The maximum atomic E-state index is 13.1. The summed E-state index contributed by atoms with van der Waals surface area (Å²) in [5.41, 5.74) is 0. The fourth-order valence-electron chi connectivity index (χ4n) is 13.2. The number of unbranched alkanes of at least 4 members (excludes halogenated alkanes) is 53. The first kappa shape index (κ1) is 102. The highest BCUT2D eigenvalue weighted by Gasteiger charge is 2.30. The zero-order chi connectivity index (χ0) is 76.4. The van der Waals surface area contributed by atoms with Gasteiger partial charge in [0.25, 0.3) is 0 Å². The predicted octanol–water partition coefficient (Wildman–Crippen LogP) is 25.8. The second-order valence-corrected chi connectivity index (χ2v) is 34.2. The van der Waals surface area contributed by atoms with Crippen LogP contribution in [0.5, 0.6) is 0 Å². The number of hydrogen-bond donors (Lipinski definition) is 3. The molecule has 0 bridgehead atoms. The van der Waals surface area contributed by atoms with E-state index in [0.717, 1.165) is 102 Å². The summed E-state index contributed by atoms with van der Waals surface area (Å²) in [6, 6.07) is 0. The molecule has 0 radical (unpaired) electrons. The van der Waals surface area contributed by atoms with Crippen LogP contribution in [0.4, 0.5) is 0 Å². The number of aliphatic hydroxyl groups excluding tert-OH is 1. The molecule has 0 spiro atoms. The van der Waals surface area contributed by atoms with Gasteiger partial charge in [-0.15, -0.1) is 0 Å². The van der Waals surface area contributed by atoms with Crippen LogP contribution in [0.25, 0.3) is 0 Å². The number of hydrogen-bond acceptors (Lipinski definition) is 15. The molecule has 3 unspecified atom stereocenters. The lowest BCUT2D eigenvalue weighted by atomic mass is 9.99. The molecule has 0 aliphatic carbocycles. The molecular weight excluding hydrogens is 1350 g/mol. The summed E-state index contributed by atoms with van der Waals surface area (Å²) in [6.45, 7) is 9.75. The summed E-state index contributed by atoms with van der Waals surface area (Å²) in [5, 5.41) is 10.7. The first-order valence-corrected chi connectivity index (χ1v) is 47.0. The SMILES string of the molecule is CCCCCCCCCCCCCCCCC(=O)O[C@H](COC(=O)CCCCCCCCCCCCCCC)COP(=O)(O)OC[C@H](O)COP(=O)(O)OC[C@@H](COC(=O)CCCCCCCCCCCCCCC(C)C)OC(=O)CCCCCCCCCCCCCCCCCCCCC(C)CC. The number of ether oxygens (including phenoxy) is 4. The smallest absolute Gasteiger partial charge is 0.462 e. The summed E-state index contributed by atoms with van der Waals surface area (Å²) >= 11 is 0. The Balaban J connectivity index is 5.24. The van der Waals surface area contributed by atoms with E-state index >= 15 is 0 Å². The highest BCUT2D eigenvalue weighted by molar-refractivity contribution is 7.47. The molecule has 0 aliphatic rings. The summed E-state index contributed by atoms with van der Waals surface area (Å²) in [7, 11) is -9.93. The minimum atomic E-state index is -4.96. The maximum Gasteiger partial charge on any atom is 0.472 e. The summed E-state index contributed by atoms with van der Waals surface area (Å²) < 4.78 is 68.9. The molecule has 0 saturated heterocycles. The molecule has 0 heterocycles. The number of aliphatic hydroxyl groups is 1. The zero-order valence-electron chi connectivity index (χ0n) is 68.3. The monoisotopic (exact) mass is 1520 g/mol. The number of carbonyl (C=O) groups excluding carboxylic acids is 4. The van der Waals surface area contributed by atoms with Crippen LogP contribution in [-0.2, 0) is 65.4 Å². The Morgan fingerprint density at radius 2 is 0.490 bits per heavy atom. The second-order valence-electron chi connectivity index (χ2n) is 31.3. The molecule has 104 heavy (non-hydrogen) atoms. The van der Waals surface area contributed by atoms with Crippen LogP contribution in [0.1, 0.15) is 452 Å². The average molecular weight is 1520 g/mol. The van der Waals surface area contributed by atoms with Crippen molar-refractivity contribution >= 4 is 39.5 Å². The molecule has 618 valence electrons. The maximum absolute atomic E-state index is 13.1. The molecule has 0 aliphatic heterocycles. The third-order valence-corrected chi connectivity index (χ3v) is 22.2. The number of carbonyl (C=O) groups is 4. The number of rotatable bonds is 84. The summed E-state index contributed by atoms with van der Waals surface area (Å²) in [4.78, 5) is 73.2. The van der Waals surface area contributed by atoms with E-state index in [1.807, 2.05) is 0 Å². The lowest BCUT2D eigenvalue weighted by molar-refractivity contribution is -0.161. The second kappa shape index (κ2) is 76.4. The highest BCUT2D eigenvalue weighted by Crippen LogP contribution is 2.45. The summed E-state index contributed by atoms with van der Waals surface area (Å²) in [5.74, 6) is -0.448. The number of phosphoric acid groups is 2. The van der Waals surface area contributed by atoms with E-state index in [4.69, 9.17) is 37.0 Å². The van der Waals surface area contributed by atoms with Crippen LogP contribution in [0.2, 0.25) is 0 Å². The third-order valence-electron chi connectivity index (χ3n) is 20.3. The van der Waals surface area contributed by atoms with Crippen molar-refractivity contribution in [3.8, 4) is 0 Å². The van der Waals surface area contributed by atoms with Gasteiger partial charge in [0.15, 0.2) is 12.2 Å². The molecule has 0 aromatic carbocycles. The van der Waals surface area contributed by atoms with Crippen molar-refractivity contribution in [1.29, 1.82) is 0 Å². The molecule has 17 nitrogen and oxygen atoms in total. The van der Waals surface area contributed by atoms with Crippen molar-refractivity contribution in [3.05, 3.63) is 0 Å². The van der Waals surface area contributed by atoms with Gasteiger partial charge in [0.1, 0.15) is 19.3 Å². The molecule has 0 saturated carbocycles. The van der Waals surface area contributed by atoms with Crippen LogP contribution >= 0.6 is 15.6 Å². The van der Waals surface area contributed by atoms with Gasteiger partial charge in [0.2, 0.25) is 0 Å². The van der Waals surface area contributed by atoms with Crippen molar-refractivity contribution < 1.29 is 80.2 Å². The van der Waals surface area contributed by atoms with Crippen molar-refractivity contribution in [1.82, 2.24) is 0 Å². The van der Waals surface area contributed by atoms with Crippen molar-refractivity contribution in [3.63, 3.8) is 0 Å². The van der Waals surface area contributed by atoms with Gasteiger partial charge in [0, 0.05) is 25.7 Å². The van der Waals surface area contributed by atoms with Crippen molar-refractivity contribution in [2.24, 2.45) is 11.8 Å². The van der Waals surface area contributed by atoms with E-state index < -0.39 is 97.5 Å². The Bertz CT molecular complexity index is 2000. The van der Waals surface area contributed by atoms with E-state index in [1.54, 1.807) is 0 Å². The Hall–Kier alpha value is -1.94. The van der Waals surface area contributed by atoms with Crippen LogP contribution in [0.3, 0.4) is 0 Å². The Morgan fingerprint density at radius 3 is 0.731 bits per heavy atom. The number of esters is 4. The largest absolute Gasteiger partial charge is 0.472 e. The van der Waals surface area contributed by atoms with Crippen LogP contribution in [0, 0.1) is 11.8 Å². The highest BCUT2D eigenvalue weighted by atomic mass is 31.2. The molecule has 0 aromatic heterocycles. The quantitative estimate of drug-likeness (QED) is 0.0222. The van der Waals surface area contributed by atoms with Gasteiger partial charge in [-0.2, -0.15) is 0 Å². The molecule has 19 heteroatoms. The minimum Gasteiger partial charge on any atom is -0.462 e. The van der Waals surface area contributed by atoms with Crippen LogP contribution < -0.4 is 0 Å². The standard InChI is InChI=1S/C85H166O17P2/c1-7-10-12-14-16-18-20-22-31-39-45-51-57-63-69-84(89)101-80(73-95-82(87)67-61-55-49-43-37-29-21-19-17-15-13-11-8-2)75-99-103(91,92)97-71-79(86)72-98-104(93,94)100-76-81(74-96-83(88)68-62-56-50-44-38-34-33-35-41-47-53-59-65-77(4)5)102-85(90)70-64-58-52-46-40-32-28-26-24-23-25-27-30-36-42-48-54-60-66-78(6)9-3/h77-81,86H,7-76H2,1-6H3,(H,91,92)(H,93,94)/t78?,79-,80+,81+/m0/s1. The summed E-state index contributed by atoms with van der Waals surface area (Å²) in [6.07, 6.45) is 67.8. The molecule has 0 fully saturated rings. The van der Waals surface area contributed by atoms with Gasteiger partial charge in [-0.25, -0.2) is 9.13 Å². The molecule has 3 N–H and O–H groups in total. The molecular formula is C85H166O17P2. The van der Waals surface area contributed by atoms with Crippen molar-refractivity contribution in [2.45, 2.75) is 471 Å². The van der Waals surface area contributed by atoms with Gasteiger partial charge in [0.05, 0.1) is 26.4 Å². The fraction of sp³-hybridized carbons (Fsp3) is 0.953. The molecule has 0 amide bonds. The van der Waals surface area contributed by atoms with E-state index in [-0.39, 0.29) is 25.7 Å². The first-order chi connectivity index (χ1) is 50.4. The van der Waals surface area contributed by atoms with E-state index in [2.05, 4.69) is 41.5 Å². The topological polar surface area (TPSA) is 237 Å². The third kappa shape index (κ3) is 76.8. The van der Waals surface area contributed by atoms with E-state index in [0.29, 0.717) is 25.7 Å². The fourth-order valence-corrected chi connectivity index (χ4v) is 14.8. The number of phosphoric ester groups is 2. The predicted molar refractivity (Wildman–Crippen MR) is 428 cm³/mol. The van der Waals surface area contributed by atoms with Gasteiger partial charge >= 0.3 is 39.5 Å². The lowest BCUT2D eigenvalue weighted by Gasteiger charge is -2.21. The zero-order valence-corrected chi connectivity index (χ0v) is 70.1. The van der Waals surface area contributed by atoms with Gasteiger partial charge in [-0.3, -0.25) is 37.3 Å². The normalized spacial score (nSPS) is 14.1. The average Bonchev–Trinajstić information content (AvgIpc) is 1.12.